The molecule has 2 heteroatoms. The Morgan fingerprint density at radius 3 is 2.71 bits per heavy atom. The van der Waals surface area contributed by atoms with Crippen molar-refractivity contribution in [3.63, 3.8) is 0 Å². The normalized spacial score (nSPS) is 17.5. The maximum Gasteiger partial charge on any atom is 0.123 e. The summed E-state index contributed by atoms with van der Waals surface area (Å²) in [5.41, 5.74) is 1.31. The molecule has 1 saturated carbocycles. The lowest BCUT2D eigenvalue weighted by atomic mass is 9.79. The number of rotatable bonds is 6. The van der Waals surface area contributed by atoms with Crippen LogP contribution in [0.3, 0.4) is 0 Å². The summed E-state index contributed by atoms with van der Waals surface area (Å²) in [6.45, 7) is 3.18. The summed E-state index contributed by atoms with van der Waals surface area (Å²) >= 11 is 0. The van der Waals surface area contributed by atoms with Crippen molar-refractivity contribution in [2.24, 2.45) is 5.92 Å². The van der Waals surface area contributed by atoms with Crippen LogP contribution in [-0.2, 0) is 0 Å². The van der Waals surface area contributed by atoms with E-state index < -0.39 is 0 Å². The third kappa shape index (κ3) is 3.01. The van der Waals surface area contributed by atoms with Gasteiger partial charge in [0, 0.05) is 11.6 Å². The van der Waals surface area contributed by atoms with Crippen LogP contribution in [0.1, 0.15) is 44.2 Å². The molecule has 1 atom stereocenters. The molecule has 1 aliphatic carbocycles. The van der Waals surface area contributed by atoms with Crippen LogP contribution in [-0.4, -0.2) is 13.7 Å². The fraction of sp³-hybridized carbons (Fsp3) is 0.600. The summed E-state index contributed by atoms with van der Waals surface area (Å²) in [4.78, 5) is 0. The molecular formula is C15H23NO. The van der Waals surface area contributed by atoms with Crippen molar-refractivity contribution in [3.8, 4) is 5.75 Å². The van der Waals surface area contributed by atoms with Crippen molar-refractivity contribution in [1.82, 2.24) is 5.32 Å². The second-order valence-corrected chi connectivity index (χ2v) is 4.88. The first-order chi connectivity index (χ1) is 8.35. The first-order valence-electron chi connectivity index (χ1n) is 6.71. The van der Waals surface area contributed by atoms with E-state index in [1.807, 2.05) is 6.07 Å². The Morgan fingerprint density at radius 1 is 1.35 bits per heavy atom. The Kier molecular flexibility index (Phi) is 4.43. The van der Waals surface area contributed by atoms with Gasteiger partial charge in [-0.05, 0) is 24.9 Å². The van der Waals surface area contributed by atoms with E-state index in [0.29, 0.717) is 6.04 Å². The lowest BCUT2D eigenvalue weighted by Crippen LogP contribution is -2.26. The minimum Gasteiger partial charge on any atom is -0.496 e. The number of methoxy groups -OCH3 is 1. The largest absolute Gasteiger partial charge is 0.496 e. The van der Waals surface area contributed by atoms with E-state index in [1.54, 1.807) is 7.11 Å². The highest BCUT2D eigenvalue weighted by Crippen LogP contribution is 2.37. The van der Waals surface area contributed by atoms with E-state index in [9.17, 15) is 0 Å². The maximum atomic E-state index is 5.47. The van der Waals surface area contributed by atoms with Crippen LogP contribution in [0.5, 0.6) is 5.75 Å². The highest BCUT2D eigenvalue weighted by atomic mass is 16.5. The van der Waals surface area contributed by atoms with Gasteiger partial charge in [0.15, 0.2) is 0 Å². The highest BCUT2D eigenvalue weighted by Gasteiger charge is 2.24. The monoisotopic (exact) mass is 233 g/mol. The molecular weight excluding hydrogens is 210 g/mol. The fourth-order valence-electron chi connectivity index (χ4n) is 2.58. The summed E-state index contributed by atoms with van der Waals surface area (Å²) in [5, 5.41) is 3.59. The van der Waals surface area contributed by atoms with Gasteiger partial charge in [-0.3, -0.25) is 0 Å². The van der Waals surface area contributed by atoms with E-state index in [2.05, 4.69) is 30.4 Å². The van der Waals surface area contributed by atoms with Crippen LogP contribution in [0, 0.1) is 5.92 Å². The second kappa shape index (κ2) is 6.06. The fourth-order valence-corrected chi connectivity index (χ4v) is 2.58. The molecule has 0 saturated heterocycles. The van der Waals surface area contributed by atoms with Gasteiger partial charge in [0.25, 0.3) is 0 Å². The number of hydrogen-bond acceptors (Lipinski definition) is 2. The van der Waals surface area contributed by atoms with Crippen molar-refractivity contribution in [1.29, 1.82) is 0 Å². The van der Waals surface area contributed by atoms with Crippen molar-refractivity contribution in [2.45, 2.75) is 38.6 Å². The molecule has 0 bridgehead atoms. The molecule has 2 nitrogen and oxygen atoms in total. The van der Waals surface area contributed by atoms with Gasteiger partial charge in [-0.1, -0.05) is 44.4 Å². The second-order valence-electron chi connectivity index (χ2n) is 4.88. The Hall–Kier alpha value is -1.02. The molecule has 2 rings (SSSR count). The van der Waals surface area contributed by atoms with Crippen LogP contribution in [0.4, 0.5) is 0 Å². The summed E-state index contributed by atoms with van der Waals surface area (Å²) in [7, 11) is 1.76. The summed E-state index contributed by atoms with van der Waals surface area (Å²) in [6, 6.07) is 8.82. The minimum absolute atomic E-state index is 0.446. The predicted molar refractivity (Wildman–Crippen MR) is 71.4 cm³/mol. The van der Waals surface area contributed by atoms with Crippen LogP contribution >= 0.6 is 0 Å². The molecule has 0 heterocycles. The smallest absolute Gasteiger partial charge is 0.123 e. The molecule has 0 aliphatic heterocycles. The zero-order chi connectivity index (χ0) is 12.1. The number of benzene rings is 1. The molecule has 1 aliphatic rings. The summed E-state index contributed by atoms with van der Waals surface area (Å²) in [5.74, 6) is 1.92. The van der Waals surface area contributed by atoms with Crippen LogP contribution in [0.2, 0.25) is 0 Å². The minimum atomic E-state index is 0.446. The van der Waals surface area contributed by atoms with Gasteiger partial charge in [-0.25, -0.2) is 0 Å². The van der Waals surface area contributed by atoms with Crippen molar-refractivity contribution >= 4 is 0 Å². The molecule has 1 unspecified atom stereocenters. The van der Waals surface area contributed by atoms with Crippen LogP contribution < -0.4 is 10.1 Å². The molecule has 0 radical (unpaired) electrons. The Morgan fingerprint density at radius 2 is 2.12 bits per heavy atom. The molecule has 17 heavy (non-hydrogen) atoms. The average molecular weight is 233 g/mol. The third-order valence-corrected chi connectivity index (χ3v) is 3.76. The van der Waals surface area contributed by atoms with Crippen LogP contribution in [0.15, 0.2) is 24.3 Å². The van der Waals surface area contributed by atoms with Gasteiger partial charge >= 0.3 is 0 Å². The molecule has 0 amide bonds. The van der Waals surface area contributed by atoms with E-state index in [0.717, 1.165) is 18.2 Å². The van der Waals surface area contributed by atoms with E-state index in [1.165, 1.54) is 31.2 Å². The molecule has 1 N–H and O–H groups in total. The van der Waals surface area contributed by atoms with Gasteiger partial charge in [-0.15, -0.1) is 0 Å². The summed E-state index contributed by atoms with van der Waals surface area (Å²) in [6.07, 6.45) is 5.46. The molecule has 1 aromatic rings. The van der Waals surface area contributed by atoms with Crippen molar-refractivity contribution < 1.29 is 4.74 Å². The quantitative estimate of drug-likeness (QED) is 0.811. The lowest BCUT2D eigenvalue weighted by Gasteiger charge is -2.30. The molecule has 0 spiro atoms. The number of ether oxygens (including phenoxy) is 1. The first kappa shape index (κ1) is 12.4. The predicted octanol–water partition coefficient (Wildman–Crippen LogP) is 3.54. The topological polar surface area (TPSA) is 21.3 Å². The Balaban J connectivity index is 2.12. The molecule has 94 valence electrons. The van der Waals surface area contributed by atoms with E-state index in [4.69, 9.17) is 4.74 Å². The number of hydrogen-bond donors (Lipinski definition) is 1. The van der Waals surface area contributed by atoms with E-state index in [-0.39, 0.29) is 0 Å². The van der Waals surface area contributed by atoms with Crippen molar-refractivity contribution in [2.75, 3.05) is 13.7 Å². The average Bonchev–Trinajstić information content (AvgIpc) is 2.32. The van der Waals surface area contributed by atoms with E-state index >= 15 is 0 Å². The van der Waals surface area contributed by atoms with Gasteiger partial charge < -0.3 is 10.1 Å². The molecule has 1 fully saturated rings. The number of para-hydroxylation sites is 1. The van der Waals surface area contributed by atoms with Gasteiger partial charge in [-0.2, -0.15) is 0 Å². The molecule has 1 aromatic carbocycles. The van der Waals surface area contributed by atoms with Gasteiger partial charge in [0.2, 0.25) is 0 Å². The Bertz CT molecular complexity index is 347. The van der Waals surface area contributed by atoms with Crippen LogP contribution in [0.25, 0.3) is 0 Å². The Labute approximate surface area is 104 Å². The highest BCUT2D eigenvalue weighted by molar-refractivity contribution is 5.35. The SMILES string of the molecule is CCNC(CC1CCC1)c1ccccc1OC. The van der Waals surface area contributed by atoms with Crippen molar-refractivity contribution in [3.05, 3.63) is 29.8 Å². The number of nitrogens with one attached hydrogen (secondary N) is 1. The molecule has 0 aromatic heterocycles. The zero-order valence-corrected chi connectivity index (χ0v) is 10.9. The first-order valence-corrected chi connectivity index (χ1v) is 6.71. The van der Waals surface area contributed by atoms with Gasteiger partial charge in [0.1, 0.15) is 5.75 Å². The summed E-state index contributed by atoms with van der Waals surface area (Å²) < 4.78 is 5.47. The third-order valence-electron chi connectivity index (χ3n) is 3.76. The standard InChI is InChI=1S/C15H23NO/c1-3-16-14(11-12-7-6-8-12)13-9-4-5-10-15(13)17-2/h4-5,9-10,12,14,16H,3,6-8,11H2,1-2H3. The zero-order valence-electron chi connectivity index (χ0n) is 10.9. The lowest BCUT2D eigenvalue weighted by molar-refractivity contribution is 0.259. The van der Waals surface area contributed by atoms with Gasteiger partial charge in [0.05, 0.1) is 7.11 Å². The maximum absolute atomic E-state index is 5.47.